The Labute approximate surface area is 118 Å². The molecule has 0 amide bonds. The van der Waals surface area contributed by atoms with Crippen molar-refractivity contribution in [3.05, 3.63) is 28.7 Å². The quantitative estimate of drug-likeness (QED) is 0.735. The van der Waals surface area contributed by atoms with Gasteiger partial charge in [-0.15, -0.1) is 0 Å². The molecule has 0 saturated heterocycles. The van der Waals surface area contributed by atoms with Gasteiger partial charge in [-0.05, 0) is 38.1 Å². The lowest BCUT2D eigenvalue weighted by Gasteiger charge is -2.25. The minimum Gasteiger partial charge on any atom is -0.492 e. The lowest BCUT2D eigenvalue weighted by atomic mass is 10.3. The third-order valence-electron chi connectivity index (χ3n) is 2.77. The summed E-state index contributed by atoms with van der Waals surface area (Å²) in [6, 6.07) is 8.42. The van der Waals surface area contributed by atoms with Crippen molar-refractivity contribution in [2.45, 2.75) is 19.9 Å². The summed E-state index contributed by atoms with van der Waals surface area (Å²) in [5, 5.41) is 0. The summed E-state index contributed by atoms with van der Waals surface area (Å²) in [6.45, 7) is 7.69. The van der Waals surface area contributed by atoms with Crippen molar-refractivity contribution in [2.24, 2.45) is 0 Å². The van der Waals surface area contributed by atoms with Crippen molar-refractivity contribution in [2.75, 3.05) is 33.4 Å². The van der Waals surface area contributed by atoms with Crippen molar-refractivity contribution in [3.63, 3.8) is 0 Å². The van der Waals surface area contributed by atoms with Crippen LogP contribution in [0.1, 0.15) is 13.8 Å². The Balaban J connectivity index is 2.31. The minimum atomic E-state index is 0.508. The molecule has 0 aliphatic heterocycles. The molecule has 0 aliphatic rings. The topological polar surface area (TPSA) is 21.7 Å². The highest BCUT2D eigenvalue weighted by atomic mass is 79.9. The van der Waals surface area contributed by atoms with Crippen LogP contribution in [-0.2, 0) is 4.74 Å². The van der Waals surface area contributed by atoms with Gasteiger partial charge in [0.15, 0.2) is 0 Å². The van der Waals surface area contributed by atoms with Gasteiger partial charge in [-0.1, -0.05) is 15.9 Å². The van der Waals surface area contributed by atoms with E-state index in [1.807, 2.05) is 24.3 Å². The third-order valence-corrected chi connectivity index (χ3v) is 3.30. The zero-order chi connectivity index (χ0) is 13.4. The average Bonchev–Trinajstić information content (AvgIpc) is 2.35. The number of nitrogens with zero attached hydrogens (tertiary/aromatic N) is 1. The number of hydrogen-bond donors (Lipinski definition) is 0. The molecule has 0 N–H and O–H groups in total. The van der Waals surface area contributed by atoms with Gasteiger partial charge < -0.3 is 9.47 Å². The second-order valence-corrected chi connectivity index (χ2v) is 5.34. The van der Waals surface area contributed by atoms with E-state index in [4.69, 9.17) is 9.47 Å². The van der Waals surface area contributed by atoms with Crippen LogP contribution in [-0.4, -0.2) is 44.4 Å². The Kier molecular flexibility index (Phi) is 7.32. The van der Waals surface area contributed by atoms with Crippen molar-refractivity contribution >= 4 is 15.9 Å². The Morgan fingerprint density at radius 1 is 1.11 bits per heavy atom. The largest absolute Gasteiger partial charge is 0.492 e. The Hall–Kier alpha value is -0.580. The number of benzene rings is 1. The summed E-state index contributed by atoms with van der Waals surface area (Å²) in [4.78, 5) is 2.35. The molecular weight excluding hydrogens is 294 g/mol. The van der Waals surface area contributed by atoms with E-state index in [9.17, 15) is 0 Å². The molecule has 0 fully saturated rings. The van der Waals surface area contributed by atoms with Crippen LogP contribution in [0.2, 0.25) is 0 Å². The lowest BCUT2D eigenvalue weighted by Crippen LogP contribution is -2.37. The normalized spacial score (nSPS) is 11.2. The Bertz CT molecular complexity index is 327. The van der Waals surface area contributed by atoms with Gasteiger partial charge in [-0.3, -0.25) is 4.90 Å². The molecule has 3 nitrogen and oxygen atoms in total. The molecule has 4 heteroatoms. The van der Waals surface area contributed by atoms with Gasteiger partial charge in [0.25, 0.3) is 0 Å². The van der Waals surface area contributed by atoms with Gasteiger partial charge in [0, 0.05) is 30.7 Å². The maximum absolute atomic E-state index is 5.72. The van der Waals surface area contributed by atoms with Gasteiger partial charge in [-0.25, -0.2) is 0 Å². The fourth-order valence-corrected chi connectivity index (χ4v) is 1.91. The summed E-state index contributed by atoms with van der Waals surface area (Å²) in [7, 11) is 1.73. The standard InChI is InChI=1S/C14H22BrNO2/c1-12(2)16(8-10-17-3)9-11-18-14-6-4-13(15)5-7-14/h4-7,12H,8-11H2,1-3H3. The van der Waals surface area contributed by atoms with Gasteiger partial charge in [0.2, 0.25) is 0 Å². The predicted molar refractivity (Wildman–Crippen MR) is 78.2 cm³/mol. The summed E-state index contributed by atoms with van der Waals surface area (Å²) < 4.78 is 11.9. The molecular formula is C14H22BrNO2. The number of hydrogen-bond acceptors (Lipinski definition) is 3. The summed E-state index contributed by atoms with van der Waals surface area (Å²) >= 11 is 3.41. The fourth-order valence-electron chi connectivity index (χ4n) is 1.65. The monoisotopic (exact) mass is 315 g/mol. The molecule has 0 aromatic heterocycles. The molecule has 0 unspecified atom stereocenters. The Morgan fingerprint density at radius 2 is 1.72 bits per heavy atom. The summed E-state index contributed by atoms with van der Waals surface area (Å²) in [5.74, 6) is 0.911. The Morgan fingerprint density at radius 3 is 2.28 bits per heavy atom. The molecule has 0 heterocycles. The number of rotatable bonds is 8. The highest BCUT2D eigenvalue weighted by Crippen LogP contribution is 2.16. The third kappa shape index (κ3) is 5.85. The van der Waals surface area contributed by atoms with E-state index in [2.05, 4.69) is 34.7 Å². The van der Waals surface area contributed by atoms with Crippen LogP contribution in [0.4, 0.5) is 0 Å². The van der Waals surface area contributed by atoms with E-state index >= 15 is 0 Å². The van der Waals surface area contributed by atoms with Gasteiger partial charge in [0.1, 0.15) is 12.4 Å². The van der Waals surface area contributed by atoms with Gasteiger partial charge in [0.05, 0.1) is 6.61 Å². The molecule has 1 aromatic rings. The molecule has 0 aliphatic carbocycles. The average molecular weight is 316 g/mol. The van der Waals surface area contributed by atoms with E-state index in [0.29, 0.717) is 12.6 Å². The molecule has 1 rings (SSSR count). The summed E-state index contributed by atoms with van der Waals surface area (Å²) in [5.41, 5.74) is 0. The van der Waals surface area contributed by atoms with Crippen molar-refractivity contribution in [1.29, 1.82) is 0 Å². The van der Waals surface area contributed by atoms with Crippen molar-refractivity contribution < 1.29 is 9.47 Å². The second kappa shape index (κ2) is 8.51. The van der Waals surface area contributed by atoms with Crippen LogP contribution in [0.5, 0.6) is 5.75 Å². The summed E-state index contributed by atoms with van der Waals surface area (Å²) in [6.07, 6.45) is 0. The van der Waals surface area contributed by atoms with Gasteiger partial charge >= 0.3 is 0 Å². The maximum Gasteiger partial charge on any atom is 0.119 e. The van der Waals surface area contributed by atoms with Crippen LogP contribution < -0.4 is 4.74 Å². The first-order valence-corrected chi connectivity index (χ1v) is 7.04. The number of halogens is 1. The molecule has 102 valence electrons. The maximum atomic E-state index is 5.72. The van der Waals surface area contributed by atoms with E-state index in [0.717, 1.165) is 29.9 Å². The van der Waals surface area contributed by atoms with E-state index in [1.165, 1.54) is 0 Å². The van der Waals surface area contributed by atoms with Crippen LogP contribution >= 0.6 is 15.9 Å². The lowest BCUT2D eigenvalue weighted by molar-refractivity contribution is 0.116. The van der Waals surface area contributed by atoms with Gasteiger partial charge in [-0.2, -0.15) is 0 Å². The zero-order valence-electron chi connectivity index (χ0n) is 11.4. The molecule has 0 bridgehead atoms. The smallest absolute Gasteiger partial charge is 0.119 e. The first-order valence-electron chi connectivity index (χ1n) is 6.25. The van der Waals surface area contributed by atoms with Crippen molar-refractivity contribution in [3.8, 4) is 5.75 Å². The molecule has 1 aromatic carbocycles. The fraction of sp³-hybridized carbons (Fsp3) is 0.571. The second-order valence-electron chi connectivity index (χ2n) is 4.42. The zero-order valence-corrected chi connectivity index (χ0v) is 12.9. The van der Waals surface area contributed by atoms with E-state index < -0.39 is 0 Å². The number of methoxy groups -OCH3 is 1. The van der Waals surface area contributed by atoms with Crippen LogP contribution in [0, 0.1) is 0 Å². The first kappa shape index (κ1) is 15.5. The SMILES string of the molecule is COCCN(CCOc1ccc(Br)cc1)C(C)C. The first-order chi connectivity index (χ1) is 8.63. The highest BCUT2D eigenvalue weighted by molar-refractivity contribution is 9.10. The minimum absolute atomic E-state index is 0.508. The van der Waals surface area contributed by atoms with E-state index in [1.54, 1.807) is 7.11 Å². The molecule has 18 heavy (non-hydrogen) atoms. The number of ether oxygens (including phenoxy) is 2. The van der Waals surface area contributed by atoms with E-state index in [-0.39, 0.29) is 0 Å². The van der Waals surface area contributed by atoms with Crippen LogP contribution in [0.15, 0.2) is 28.7 Å². The van der Waals surface area contributed by atoms with Crippen LogP contribution in [0.3, 0.4) is 0 Å². The van der Waals surface area contributed by atoms with Crippen molar-refractivity contribution in [1.82, 2.24) is 4.90 Å². The van der Waals surface area contributed by atoms with Crippen LogP contribution in [0.25, 0.3) is 0 Å². The molecule has 0 atom stereocenters. The molecule has 0 saturated carbocycles. The highest BCUT2D eigenvalue weighted by Gasteiger charge is 2.08. The predicted octanol–water partition coefficient (Wildman–Crippen LogP) is 3.18. The molecule has 0 radical (unpaired) electrons. The molecule has 0 spiro atoms.